The molecule has 0 bridgehead atoms. The molecule has 28 heavy (non-hydrogen) atoms. The first kappa shape index (κ1) is 19.3. The van der Waals surface area contributed by atoms with Gasteiger partial charge in [-0.05, 0) is 37.1 Å². The Labute approximate surface area is 163 Å². The number of carbonyl (C=O) groups is 2. The second-order valence-electron chi connectivity index (χ2n) is 6.54. The fourth-order valence-corrected chi connectivity index (χ4v) is 2.68. The number of benzene rings is 1. The van der Waals surface area contributed by atoms with Crippen LogP contribution in [-0.2, 0) is 11.3 Å². The Morgan fingerprint density at radius 2 is 1.96 bits per heavy atom. The highest BCUT2D eigenvalue weighted by molar-refractivity contribution is 5.93. The van der Waals surface area contributed by atoms with Crippen LogP contribution in [0.25, 0.3) is 11.3 Å². The molecule has 0 aliphatic rings. The first-order valence-corrected chi connectivity index (χ1v) is 9.01. The van der Waals surface area contributed by atoms with Gasteiger partial charge in [0, 0.05) is 43.5 Å². The van der Waals surface area contributed by atoms with Crippen molar-refractivity contribution in [2.45, 2.75) is 26.8 Å². The molecule has 0 aliphatic carbocycles. The van der Waals surface area contributed by atoms with E-state index >= 15 is 0 Å². The maximum atomic E-state index is 12.2. The molecule has 2 aromatic heterocycles. The van der Waals surface area contributed by atoms with Crippen molar-refractivity contribution in [3.63, 3.8) is 0 Å². The number of nitrogens with one attached hydrogen (secondary N) is 2. The van der Waals surface area contributed by atoms with E-state index in [1.54, 1.807) is 18.5 Å². The molecule has 144 valence electrons. The van der Waals surface area contributed by atoms with Crippen LogP contribution >= 0.6 is 0 Å². The number of hydrogen-bond acceptors (Lipinski definition) is 5. The molecule has 0 saturated heterocycles. The lowest BCUT2D eigenvalue weighted by molar-refractivity contribution is -0.121. The molecule has 3 aromatic rings. The molecule has 0 unspecified atom stereocenters. The largest absolute Gasteiger partial charge is 0.355 e. The lowest BCUT2D eigenvalue weighted by atomic mass is 10.0. The van der Waals surface area contributed by atoms with Crippen LogP contribution in [0, 0.1) is 13.8 Å². The third-order valence-corrected chi connectivity index (χ3v) is 4.25. The highest BCUT2D eigenvalue weighted by Gasteiger charge is 2.15. The normalized spacial score (nSPS) is 10.5. The van der Waals surface area contributed by atoms with E-state index in [-0.39, 0.29) is 30.5 Å². The van der Waals surface area contributed by atoms with Crippen molar-refractivity contribution in [2.75, 3.05) is 6.54 Å². The second-order valence-corrected chi connectivity index (χ2v) is 6.54. The van der Waals surface area contributed by atoms with Crippen LogP contribution in [0.5, 0.6) is 0 Å². The lowest BCUT2D eigenvalue weighted by Gasteiger charge is -2.05. The van der Waals surface area contributed by atoms with Gasteiger partial charge in [0.05, 0.1) is 0 Å². The minimum atomic E-state index is -0.375. The zero-order valence-electron chi connectivity index (χ0n) is 15.9. The third kappa shape index (κ3) is 5.03. The lowest BCUT2D eigenvalue weighted by Crippen LogP contribution is -2.30. The van der Waals surface area contributed by atoms with Crippen molar-refractivity contribution in [3.8, 4) is 11.3 Å². The number of amides is 2. The average molecular weight is 378 g/mol. The van der Waals surface area contributed by atoms with Crippen molar-refractivity contribution in [1.29, 1.82) is 0 Å². The van der Waals surface area contributed by atoms with Gasteiger partial charge in [0.1, 0.15) is 0 Å². The first-order chi connectivity index (χ1) is 13.5. The van der Waals surface area contributed by atoms with Gasteiger partial charge in [-0.25, -0.2) is 0 Å². The number of rotatable bonds is 7. The predicted octanol–water partition coefficient (Wildman–Crippen LogP) is 2.79. The SMILES string of the molecule is Cc1ccc(C)c(-c2cc(C(=O)NCCC(=O)NCc3cccnc3)no2)c1. The van der Waals surface area contributed by atoms with E-state index < -0.39 is 0 Å². The van der Waals surface area contributed by atoms with Crippen LogP contribution in [0.2, 0.25) is 0 Å². The van der Waals surface area contributed by atoms with E-state index in [4.69, 9.17) is 4.52 Å². The molecular weight excluding hydrogens is 356 g/mol. The van der Waals surface area contributed by atoms with Crippen molar-refractivity contribution in [3.05, 3.63) is 71.2 Å². The van der Waals surface area contributed by atoms with Gasteiger partial charge in [-0.1, -0.05) is 28.9 Å². The Morgan fingerprint density at radius 3 is 2.75 bits per heavy atom. The highest BCUT2D eigenvalue weighted by Crippen LogP contribution is 2.25. The topological polar surface area (TPSA) is 97.1 Å². The monoisotopic (exact) mass is 378 g/mol. The zero-order chi connectivity index (χ0) is 19.9. The summed E-state index contributed by atoms with van der Waals surface area (Å²) < 4.78 is 5.33. The number of aryl methyl sites for hydroxylation is 2. The predicted molar refractivity (Wildman–Crippen MR) is 104 cm³/mol. The maximum Gasteiger partial charge on any atom is 0.273 e. The molecule has 3 rings (SSSR count). The summed E-state index contributed by atoms with van der Waals surface area (Å²) in [6, 6.07) is 11.3. The van der Waals surface area contributed by atoms with Crippen LogP contribution in [0.15, 0.2) is 53.3 Å². The smallest absolute Gasteiger partial charge is 0.273 e. The number of nitrogens with zero attached hydrogens (tertiary/aromatic N) is 2. The number of aromatic nitrogens is 2. The van der Waals surface area contributed by atoms with Crippen LogP contribution in [0.1, 0.15) is 33.6 Å². The quantitative estimate of drug-likeness (QED) is 0.659. The number of hydrogen-bond donors (Lipinski definition) is 2. The van der Waals surface area contributed by atoms with E-state index in [2.05, 4.69) is 20.8 Å². The van der Waals surface area contributed by atoms with Crippen LogP contribution in [-0.4, -0.2) is 28.5 Å². The molecule has 2 N–H and O–H groups in total. The molecule has 0 spiro atoms. The molecular formula is C21H22N4O3. The van der Waals surface area contributed by atoms with Crippen molar-refractivity contribution >= 4 is 11.8 Å². The molecule has 2 heterocycles. The third-order valence-electron chi connectivity index (χ3n) is 4.25. The van der Waals surface area contributed by atoms with Gasteiger partial charge in [-0.2, -0.15) is 0 Å². The average Bonchev–Trinajstić information content (AvgIpc) is 3.19. The molecule has 0 aliphatic heterocycles. The Bertz CT molecular complexity index is 967. The van der Waals surface area contributed by atoms with Gasteiger partial charge in [-0.15, -0.1) is 0 Å². The Kier molecular flexibility index (Phi) is 6.16. The van der Waals surface area contributed by atoms with Crippen LogP contribution in [0.4, 0.5) is 0 Å². The minimum Gasteiger partial charge on any atom is -0.355 e. The second kappa shape index (κ2) is 8.94. The molecule has 1 aromatic carbocycles. The van der Waals surface area contributed by atoms with Gasteiger partial charge in [0.25, 0.3) is 5.91 Å². The summed E-state index contributed by atoms with van der Waals surface area (Å²) in [6.07, 6.45) is 3.55. The maximum absolute atomic E-state index is 12.2. The standard InChI is InChI=1S/C21H22N4O3/c1-14-5-6-15(2)17(10-14)19-11-18(25-28-19)21(27)23-9-7-20(26)24-13-16-4-3-8-22-12-16/h3-6,8,10-12H,7,9,13H2,1-2H3,(H,23,27)(H,24,26). The fraction of sp³-hybridized carbons (Fsp3) is 0.238. The summed E-state index contributed by atoms with van der Waals surface area (Å²) in [5.74, 6) is 0.0151. The summed E-state index contributed by atoms with van der Waals surface area (Å²) in [4.78, 5) is 28.1. The summed E-state index contributed by atoms with van der Waals surface area (Å²) in [7, 11) is 0. The summed E-state index contributed by atoms with van der Waals surface area (Å²) in [5, 5.41) is 9.31. The van der Waals surface area contributed by atoms with Gasteiger partial charge in [0.15, 0.2) is 11.5 Å². The summed E-state index contributed by atoms with van der Waals surface area (Å²) >= 11 is 0. The van der Waals surface area contributed by atoms with Gasteiger partial charge in [-0.3, -0.25) is 14.6 Å². The van der Waals surface area contributed by atoms with Gasteiger partial charge >= 0.3 is 0 Å². The number of carbonyl (C=O) groups excluding carboxylic acids is 2. The van der Waals surface area contributed by atoms with Gasteiger partial charge < -0.3 is 15.2 Å². The Balaban J connectivity index is 1.48. The van der Waals surface area contributed by atoms with E-state index in [1.807, 2.05) is 44.2 Å². The first-order valence-electron chi connectivity index (χ1n) is 9.01. The summed E-state index contributed by atoms with van der Waals surface area (Å²) in [5.41, 5.74) is 4.15. The molecule has 0 fully saturated rings. The molecule has 0 radical (unpaired) electrons. The fourth-order valence-electron chi connectivity index (χ4n) is 2.68. The van der Waals surface area contributed by atoms with Gasteiger partial charge in [0.2, 0.25) is 5.91 Å². The summed E-state index contributed by atoms with van der Waals surface area (Å²) in [6.45, 7) is 4.58. The minimum absolute atomic E-state index is 0.152. The molecule has 0 saturated carbocycles. The molecule has 0 atom stereocenters. The van der Waals surface area contributed by atoms with E-state index in [9.17, 15) is 9.59 Å². The highest BCUT2D eigenvalue weighted by atomic mass is 16.5. The zero-order valence-corrected chi connectivity index (χ0v) is 15.9. The molecule has 2 amide bonds. The van der Waals surface area contributed by atoms with Crippen molar-refractivity contribution < 1.29 is 14.1 Å². The van der Waals surface area contributed by atoms with E-state index in [0.717, 1.165) is 22.3 Å². The van der Waals surface area contributed by atoms with Crippen molar-refractivity contribution in [1.82, 2.24) is 20.8 Å². The number of pyridine rings is 1. The van der Waals surface area contributed by atoms with E-state index in [0.29, 0.717) is 12.3 Å². The van der Waals surface area contributed by atoms with E-state index in [1.165, 1.54) is 0 Å². The molecule has 7 nitrogen and oxygen atoms in total. The van der Waals surface area contributed by atoms with Crippen molar-refractivity contribution in [2.24, 2.45) is 0 Å². The van der Waals surface area contributed by atoms with Crippen LogP contribution < -0.4 is 10.6 Å². The Morgan fingerprint density at radius 1 is 1.11 bits per heavy atom. The molecule has 7 heteroatoms. The Hall–Kier alpha value is -3.48. The van der Waals surface area contributed by atoms with Crippen LogP contribution in [0.3, 0.4) is 0 Å².